The fourth-order valence-electron chi connectivity index (χ4n) is 3.48. The minimum atomic E-state index is -3.52. The first-order valence-electron chi connectivity index (χ1n) is 9.70. The van der Waals surface area contributed by atoms with Gasteiger partial charge in [-0.1, -0.05) is 23.4 Å². The molecule has 8 heteroatoms. The normalized spacial score (nSPS) is 16.0. The Hall–Kier alpha value is -2.71. The van der Waals surface area contributed by atoms with Crippen molar-refractivity contribution in [3.05, 3.63) is 60.4 Å². The molecule has 4 rings (SSSR count). The Morgan fingerprint density at radius 3 is 2.41 bits per heavy atom. The van der Waals surface area contributed by atoms with Gasteiger partial charge in [-0.2, -0.15) is 9.29 Å². The number of piperidine rings is 1. The summed E-state index contributed by atoms with van der Waals surface area (Å²) in [6.07, 6.45) is 1.31. The van der Waals surface area contributed by atoms with E-state index in [-0.39, 0.29) is 10.8 Å². The van der Waals surface area contributed by atoms with Gasteiger partial charge in [-0.3, -0.25) is 0 Å². The Bertz CT molecular complexity index is 1040. The highest BCUT2D eigenvalue weighted by atomic mass is 32.2. The first kappa shape index (κ1) is 19.6. The van der Waals surface area contributed by atoms with Gasteiger partial charge in [0, 0.05) is 24.6 Å². The van der Waals surface area contributed by atoms with E-state index in [1.54, 1.807) is 24.3 Å². The SMILES string of the molecule is CCOc1ccc(S(=O)(=O)N2CCC(c3noc(-c4ccccc4)n3)CC2)cc1. The molecule has 152 valence electrons. The predicted molar refractivity (Wildman–Crippen MR) is 108 cm³/mol. The molecule has 0 radical (unpaired) electrons. The molecule has 0 amide bonds. The maximum atomic E-state index is 12.9. The monoisotopic (exact) mass is 413 g/mol. The van der Waals surface area contributed by atoms with Crippen LogP contribution in [0.1, 0.15) is 31.5 Å². The smallest absolute Gasteiger partial charge is 0.257 e. The van der Waals surface area contributed by atoms with Crippen LogP contribution in [0.3, 0.4) is 0 Å². The van der Waals surface area contributed by atoms with Gasteiger partial charge in [0.05, 0.1) is 11.5 Å². The van der Waals surface area contributed by atoms with Gasteiger partial charge >= 0.3 is 0 Å². The first-order valence-corrected chi connectivity index (χ1v) is 11.1. The summed E-state index contributed by atoms with van der Waals surface area (Å²) in [6, 6.07) is 16.2. The highest BCUT2D eigenvalue weighted by Gasteiger charge is 2.31. The molecule has 1 aliphatic rings. The summed E-state index contributed by atoms with van der Waals surface area (Å²) in [6.45, 7) is 3.29. The molecule has 1 saturated heterocycles. The largest absolute Gasteiger partial charge is 0.494 e. The zero-order valence-electron chi connectivity index (χ0n) is 16.2. The number of hydrogen-bond donors (Lipinski definition) is 0. The summed E-state index contributed by atoms with van der Waals surface area (Å²) in [7, 11) is -3.52. The Kier molecular flexibility index (Phi) is 5.64. The number of hydrogen-bond acceptors (Lipinski definition) is 6. The molecule has 0 spiro atoms. The van der Waals surface area contributed by atoms with E-state index in [0.29, 0.717) is 50.0 Å². The Morgan fingerprint density at radius 2 is 1.76 bits per heavy atom. The van der Waals surface area contributed by atoms with Crippen LogP contribution in [0.4, 0.5) is 0 Å². The second-order valence-electron chi connectivity index (χ2n) is 6.91. The number of rotatable bonds is 6. The molecule has 0 N–H and O–H groups in total. The molecule has 3 aromatic rings. The summed E-state index contributed by atoms with van der Waals surface area (Å²) >= 11 is 0. The van der Waals surface area contributed by atoms with E-state index in [1.165, 1.54) is 4.31 Å². The second-order valence-corrected chi connectivity index (χ2v) is 8.84. The summed E-state index contributed by atoms with van der Waals surface area (Å²) in [4.78, 5) is 4.80. The van der Waals surface area contributed by atoms with Crippen molar-refractivity contribution in [2.45, 2.75) is 30.6 Å². The van der Waals surface area contributed by atoms with E-state index >= 15 is 0 Å². The molecule has 1 aromatic heterocycles. The average molecular weight is 413 g/mol. The van der Waals surface area contributed by atoms with E-state index in [9.17, 15) is 8.42 Å². The Labute approximate surface area is 170 Å². The number of nitrogens with zero attached hydrogens (tertiary/aromatic N) is 3. The molecule has 0 unspecified atom stereocenters. The molecule has 7 nitrogen and oxygen atoms in total. The second kappa shape index (κ2) is 8.34. The van der Waals surface area contributed by atoms with Crippen molar-refractivity contribution in [2.75, 3.05) is 19.7 Å². The maximum absolute atomic E-state index is 12.9. The number of ether oxygens (including phenoxy) is 1. The predicted octanol–water partition coefficient (Wildman–Crippen LogP) is 3.70. The molecule has 0 saturated carbocycles. The van der Waals surface area contributed by atoms with Gasteiger partial charge in [-0.15, -0.1) is 0 Å². The number of aromatic nitrogens is 2. The third kappa shape index (κ3) is 4.18. The van der Waals surface area contributed by atoms with Gasteiger partial charge in [0.2, 0.25) is 10.0 Å². The van der Waals surface area contributed by atoms with Gasteiger partial charge in [-0.05, 0) is 56.2 Å². The van der Waals surface area contributed by atoms with Crippen LogP contribution in [0, 0.1) is 0 Å². The van der Waals surface area contributed by atoms with Gasteiger partial charge < -0.3 is 9.26 Å². The molecule has 0 atom stereocenters. The topological polar surface area (TPSA) is 85.5 Å². The third-order valence-corrected chi connectivity index (χ3v) is 6.97. The lowest BCUT2D eigenvalue weighted by atomic mass is 9.97. The molecular weight excluding hydrogens is 390 g/mol. The summed E-state index contributed by atoms with van der Waals surface area (Å²) < 4.78 is 38.2. The van der Waals surface area contributed by atoms with Crippen LogP contribution < -0.4 is 4.74 Å². The van der Waals surface area contributed by atoms with Gasteiger partial charge in [0.1, 0.15) is 5.75 Å². The lowest BCUT2D eigenvalue weighted by Crippen LogP contribution is -2.38. The highest BCUT2D eigenvalue weighted by molar-refractivity contribution is 7.89. The van der Waals surface area contributed by atoms with Crippen LogP contribution >= 0.6 is 0 Å². The van der Waals surface area contributed by atoms with E-state index in [4.69, 9.17) is 9.26 Å². The van der Waals surface area contributed by atoms with E-state index in [0.717, 1.165) is 5.56 Å². The minimum Gasteiger partial charge on any atom is -0.494 e. The van der Waals surface area contributed by atoms with Crippen LogP contribution in [0.2, 0.25) is 0 Å². The molecular formula is C21H23N3O4S. The molecule has 1 aliphatic heterocycles. The van der Waals surface area contributed by atoms with Crippen molar-refractivity contribution in [1.29, 1.82) is 0 Å². The van der Waals surface area contributed by atoms with Crippen LogP contribution in [-0.2, 0) is 10.0 Å². The Balaban J connectivity index is 1.42. The molecule has 2 aromatic carbocycles. The van der Waals surface area contributed by atoms with Crippen molar-refractivity contribution in [1.82, 2.24) is 14.4 Å². The van der Waals surface area contributed by atoms with Gasteiger partial charge in [0.25, 0.3) is 5.89 Å². The van der Waals surface area contributed by atoms with E-state index < -0.39 is 10.0 Å². The molecule has 1 fully saturated rings. The van der Waals surface area contributed by atoms with Crippen molar-refractivity contribution in [3.8, 4) is 17.2 Å². The van der Waals surface area contributed by atoms with E-state index in [2.05, 4.69) is 10.1 Å². The zero-order valence-corrected chi connectivity index (χ0v) is 17.0. The van der Waals surface area contributed by atoms with Crippen LogP contribution in [0.25, 0.3) is 11.5 Å². The van der Waals surface area contributed by atoms with Gasteiger partial charge in [-0.25, -0.2) is 8.42 Å². The quantitative estimate of drug-likeness (QED) is 0.612. The van der Waals surface area contributed by atoms with Crippen LogP contribution in [0.15, 0.2) is 64.0 Å². The van der Waals surface area contributed by atoms with Crippen LogP contribution in [0.5, 0.6) is 5.75 Å². The minimum absolute atomic E-state index is 0.0861. The molecule has 2 heterocycles. The van der Waals surface area contributed by atoms with Crippen molar-refractivity contribution < 1.29 is 17.7 Å². The molecule has 0 aliphatic carbocycles. The summed E-state index contributed by atoms with van der Waals surface area (Å²) in [5.74, 6) is 1.88. The molecule has 29 heavy (non-hydrogen) atoms. The van der Waals surface area contributed by atoms with Crippen molar-refractivity contribution in [3.63, 3.8) is 0 Å². The van der Waals surface area contributed by atoms with Gasteiger partial charge in [0.15, 0.2) is 5.82 Å². The number of benzene rings is 2. The average Bonchev–Trinajstić information content (AvgIpc) is 3.25. The van der Waals surface area contributed by atoms with E-state index in [1.807, 2.05) is 37.3 Å². The fourth-order valence-corrected chi connectivity index (χ4v) is 4.95. The first-order chi connectivity index (χ1) is 14.1. The third-order valence-electron chi connectivity index (χ3n) is 5.05. The standard InChI is InChI=1S/C21H23N3O4S/c1-2-27-18-8-10-19(11-9-18)29(25,26)24-14-12-16(13-15-24)20-22-21(28-23-20)17-6-4-3-5-7-17/h3-11,16H,2,12-15H2,1H3. The lowest BCUT2D eigenvalue weighted by molar-refractivity contribution is 0.307. The van der Waals surface area contributed by atoms with Crippen LogP contribution in [-0.4, -0.2) is 42.6 Å². The maximum Gasteiger partial charge on any atom is 0.257 e. The molecule has 0 bridgehead atoms. The highest BCUT2D eigenvalue weighted by Crippen LogP contribution is 2.31. The lowest BCUT2D eigenvalue weighted by Gasteiger charge is -2.29. The summed E-state index contributed by atoms with van der Waals surface area (Å²) in [5, 5.41) is 4.12. The number of sulfonamides is 1. The zero-order chi connectivity index (χ0) is 20.3. The fraction of sp³-hybridized carbons (Fsp3) is 0.333. The van der Waals surface area contributed by atoms with Crippen molar-refractivity contribution in [2.24, 2.45) is 0 Å². The Morgan fingerprint density at radius 1 is 1.07 bits per heavy atom. The summed E-state index contributed by atoms with van der Waals surface area (Å²) in [5.41, 5.74) is 0.877. The van der Waals surface area contributed by atoms with Crippen molar-refractivity contribution >= 4 is 10.0 Å².